The van der Waals surface area contributed by atoms with Crippen LogP contribution >= 0.6 is 0 Å². The molecule has 2 N–H and O–H groups in total. The molecule has 0 saturated carbocycles. The minimum atomic E-state index is -3.48. The van der Waals surface area contributed by atoms with Gasteiger partial charge in [0, 0.05) is 25.1 Å². The predicted octanol–water partition coefficient (Wildman–Crippen LogP) is 3.53. The molecule has 1 aliphatic rings. The maximum atomic E-state index is 12.7. The van der Waals surface area contributed by atoms with E-state index >= 15 is 0 Å². The first-order valence-electron chi connectivity index (χ1n) is 10.8. The number of H-pyrrole nitrogens is 1. The Morgan fingerprint density at radius 2 is 1.88 bits per heavy atom. The van der Waals surface area contributed by atoms with E-state index in [1.807, 2.05) is 0 Å². The van der Waals surface area contributed by atoms with Gasteiger partial charge in [0.2, 0.25) is 0 Å². The second-order valence-electron chi connectivity index (χ2n) is 9.12. The highest BCUT2D eigenvalue weighted by Gasteiger charge is 2.31. The molecule has 4 rings (SSSR count). The van der Waals surface area contributed by atoms with Crippen LogP contribution < -0.4 is 10.9 Å². The second kappa shape index (κ2) is 8.65. The largest absolute Gasteiger partial charge is 0.381 e. The monoisotopic (exact) mass is 469 g/mol. The van der Waals surface area contributed by atoms with Crippen LogP contribution in [0.3, 0.4) is 0 Å². The Bertz CT molecular complexity index is 1360. The normalized spacial score (nSPS) is 19.7. The summed E-state index contributed by atoms with van der Waals surface area (Å²) in [4.78, 5) is 15.6. The van der Waals surface area contributed by atoms with Crippen molar-refractivity contribution in [3.63, 3.8) is 0 Å². The molecular weight excluding hydrogens is 442 g/mol. The first-order chi connectivity index (χ1) is 15.6. The molecular formula is C23H27N5O4S. The van der Waals surface area contributed by atoms with Crippen LogP contribution in [0.15, 0.2) is 46.2 Å². The highest BCUT2D eigenvalue weighted by Crippen LogP contribution is 2.33. The van der Waals surface area contributed by atoms with Crippen molar-refractivity contribution in [2.75, 3.05) is 18.5 Å². The molecule has 1 aliphatic heterocycles. The topological polar surface area (TPSA) is 130 Å². The Morgan fingerprint density at radius 3 is 2.55 bits per heavy atom. The van der Waals surface area contributed by atoms with Crippen molar-refractivity contribution in [2.45, 2.75) is 49.3 Å². The molecule has 33 heavy (non-hydrogen) atoms. The third kappa shape index (κ3) is 4.26. The molecule has 10 heteroatoms. The minimum Gasteiger partial charge on any atom is -0.381 e. The van der Waals surface area contributed by atoms with Crippen LogP contribution in [0, 0.1) is 17.2 Å². The van der Waals surface area contributed by atoms with E-state index in [-0.39, 0.29) is 22.4 Å². The molecule has 1 saturated heterocycles. The van der Waals surface area contributed by atoms with Gasteiger partial charge in [-0.3, -0.25) is 9.48 Å². The number of fused-ring (bicyclic) bond motifs is 1. The Kier molecular flexibility index (Phi) is 6.03. The first-order valence-corrected chi connectivity index (χ1v) is 12.3. The average Bonchev–Trinajstić information content (AvgIpc) is 2.97. The van der Waals surface area contributed by atoms with Crippen LogP contribution in [-0.4, -0.2) is 41.1 Å². The summed E-state index contributed by atoms with van der Waals surface area (Å²) in [6.45, 7) is 6.01. The van der Waals surface area contributed by atoms with Gasteiger partial charge < -0.3 is 15.0 Å². The molecule has 0 spiro atoms. The SMILES string of the molecule is CC(C)(C)S(=O)(=O)c1ccc(Nc2nn([C@@H]3CCOCC[C@H]3C#N)c3cc[nH]c(=O)c23)cc1. The van der Waals surface area contributed by atoms with Crippen molar-refractivity contribution in [1.82, 2.24) is 14.8 Å². The maximum Gasteiger partial charge on any atom is 0.261 e. The Balaban J connectivity index is 1.74. The number of nitrogens with one attached hydrogen (secondary N) is 2. The summed E-state index contributed by atoms with van der Waals surface area (Å²) in [5.41, 5.74) is 0.922. The summed E-state index contributed by atoms with van der Waals surface area (Å²) >= 11 is 0. The van der Waals surface area contributed by atoms with Gasteiger partial charge in [-0.15, -0.1) is 0 Å². The van der Waals surface area contributed by atoms with E-state index in [0.29, 0.717) is 48.5 Å². The molecule has 0 radical (unpaired) electrons. The van der Waals surface area contributed by atoms with Gasteiger partial charge in [-0.1, -0.05) is 0 Å². The highest BCUT2D eigenvalue weighted by atomic mass is 32.2. The quantitative estimate of drug-likeness (QED) is 0.598. The molecule has 1 fully saturated rings. The van der Waals surface area contributed by atoms with E-state index in [9.17, 15) is 18.5 Å². The summed E-state index contributed by atoms with van der Waals surface area (Å²) in [7, 11) is -3.48. The molecule has 2 atom stereocenters. The third-order valence-electron chi connectivity index (χ3n) is 5.94. The van der Waals surface area contributed by atoms with Gasteiger partial charge in [0.05, 0.1) is 33.2 Å². The number of anilines is 2. The predicted molar refractivity (Wildman–Crippen MR) is 125 cm³/mol. The van der Waals surface area contributed by atoms with E-state index in [2.05, 4.69) is 21.5 Å². The molecule has 2 aromatic heterocycles. The zero-order valence-corrected chi connectivity index (χ0v) is 19.6. The summed E-state index contributed by atoms with van der Waals surface area (Å²) < 4.78 is 31.8. The second-order valence-corrected chi connectivity index (χ2v) is 11.8. The summed E-state index contributed by atoms with van der Waals surface area (Å²) in [5, 5.41) is 17.9. The van der Waals surface area contributed by atoms with Crippen molar-refractivity contribution in [2.24, 2.45) is 5.92 Å². The van der Waals surface area contributed by atoms with Crippen LogP contribution in [0.2, 0.25) is 0 Å². The molecule has 0 amide bonds. The lowest BCUT2D eigenvalue weighted by Crippen LogP contribution is -2.27. The number of aromatic nitrogens is 3. The third-order valence-corrected chi connectivity index (χ3v) is 8.44. The molecule has 9 nitrogen and oxygen atoms in total. The van der Waals surface area contributed by atoms with Gasteiger partial charge in [0.15, 0.2) is 15.7 Å². The fourth-order valence-corrected chi connectivity index (χ4v) is 5.20. The van der Waals surface area contributed by atoms with Crippen molar-refractivity contribution >= 4 is 32.2 Å². The molecule has 0 bridgehead atoms. The van der Waals surface area contributed by atoms with E-state index in [0.717, 1.165) is 0 Å². The van der Waals surface area contributed by atoms with E-state index in [4.69, 9.17) is 4.74 Å². The smallest absolute Gasteiger partial charge is 0.261 e. The van der Waals surface area contributed by atoms with Crippen molar-refractivity contribution in [3.8, 4) is 6.07 Å². The number of sulfone groups is 1. The zero-order chi connectivity index (χ0) is 23.8. The highest BCUT2D eigenvalue weighted by molar-refractivity contribution is 7.92. The Morgan fingerprint density at radius 1 is 1.18 bits per heavy atom. The fourth-order valence-electron chi connectivity index (χ4n) is 4.00. The average molecular weight is 470 g/mol. The number of benzene rings is 1. The first kappa shape index (κ1) is 23.0. The van der Waals surface area contributed by atoms with Crippen LogP contribution in [0.5, 0.6) is 0 Å². The van der Waals surface area contributed by atoms with Gasteiger partial charge in [-0.05, 0) is 63.9 Å². The summed E-state index contributed by atoms with van der Waals surface area (Å²) in [5.74, 6) is 0.0600. The van der Waals surface area contributed by atoms with Crippen LogP contribution in [-0.2, 0) is 14.6 Å². The number of nitrogens with zero attached hydrogens (tertiary/aromatic N) is 3. The Hall–Kier alpha value is -3.16. The zero-order valence-electron chi connectivity index (χ0n) is 18.8. The number of hydrogen-bond donors (Lipinski definition) is 2. The van der Waals surface area contributed by atoms with Crippen LogP contribution in [0.25, 0.3) is 10.9 Å². The molecule has 174 valence electrons. The molecule has 0 aliphatic carbocycles. The van der Waals surface area contributed by atoms with Crippen molar-refractivity contribution < 1.29 is 13.2 Å². The summed E-state index contributed by atoms with van der Waals surface area (Å²) in [6.07, 6.45) is 2.77. The van der Waals surface area contributed by atoms with E-state index in [1.54, 1.807) is 62.0 Å². The fraction of sp³-hybridized carbons (Fsp3) is 0.435. The van der Waals surface area contributed by atoms with Crippen LogP contribution in [0.4, 0.5) is 11.5 Å². The van der Waals surface area contributed by atoms with E-state index < -0.39 is 14.6 Å². The van der Waals surface area contributed by atoms with Gasteiger partial charge in [-0.2, -0.15) is 10.4 Å². The molecule has 0 unspecified atom stereocenters. The summed E-state index contributed by atoms with van der Waals surface area (Å²) in [6, 6.07) is 10.3. The molecule has 3 aromatic rings. The standard InChI is InChI=1S/C23H27N5O4S/c1-23(2,3)33(30,31)17-6-4-16(5-7-17)26-21-20-19(8-11-25-22(20)29)28(27-21)18-10-13-32-12-9-15(18)14-24/h4-8,11,15,18H,9-10,12-13H2,1-3H3,(H,25,29)(H,26,27)/t15-,18+/m0/s1. The van der Waals surface area contributed by atoms with Crippen LogP contribution in [0.1, 0.15) is 39.7 Å². The lowest BCUT2D eigenvalue weighted by molar-refractivity contribution is 0.141. The van der Waals surface area contributed by atoms with Crippen molar-refractivity contribution in [1.29, 1.82) is 5.26 Å². The van der Waals surface area contributed by atoms with Gasteiger partial charge >= 0.3 is 0 Å². The van der Waals surface area contributed by atoms with Gasteiger partial charge in [-0.25, -0.2) is 8.42 Å². The number of ether oxygens (including phenoxy) is 1. The molecule has 3 heterocycles. The van der Waals surface area contributed by atoms with Crippen molar-refractivity contribution in [3.05, 3.63) is 46.9 Å². The maximum absolute atomic E-state index is 12.7. The van der Waals surface area contributed by atoms with Gasteiger partial charge in [0.25, 0.3) is 5.56 Å². The minimum absolute atomic E-state index is 0.225. The number of rotatable bonds is 4. The Labute approximate surface area is 192 Å². The van der Waals surface area contributed by atoms with Gasteiger partial charge in [0.1, 0.15) is 5.39 Å². The number of hydrogen-bond acceptors (Lipinski definition) is 7. The lowest BCUT2D eigenvalue weighted by Gasteiger charge is -2.20. The van der Waals surface area contributed by atoms with E-state index in [1.165, 1.54) is 0 Å². The number of aromatic amines is 1. The lowest BCUT2D eigenvalue weighted by atomic mass is 9.96. The number of pyridine rings is 1. The number of nitriles is 1. The molecule has 1 aromatic carbocycles.